The lowest BCUT2D eigenvalue weighted by atomic mass is 10.1. The van der Waals surface area contributed by atoms with Crippen LogP contribution in [0.15, 0.2) is 12.3 Å². The van der Waals surface area contributed by atoms with Crippen molar-refractivity contribution in [3.05, 3.63) is 23.1 Å². The van der Waals surface area contributed by atoms with Crippen LogP contribution in [0.25, 0.3) is 0 Å². The van der Waals surface area contributed by atoms with Gasteiger partial charge in [0.05, 0.1) is 5.02 Å². The molecule has 1 fully saturated rings. The third-order valence-corrected chi connectivity index (χ3v) is 3.16. The molecule has 2 nitrogen and oxygen atoms in total. The molecule has 1 aromatic heterocycles. The Balaban J connectivity index is 1.99. The molecular weight excluding hydrogens is 227 g/mol. The van der Waals surface area contributed by atoms with Crippen LogP contribution in [0.5, 0.6) is 0 Å². The molecule has 0 aromatic carbocycles. The predicted molar refractivity (Wildman–Crippen MR) is 64.2 cm³/mol. The zero-order valence-electron chi connectivity index (χ0n) is 9.34. The summed E-state index contributed by atoms with van der Waals surface area (Å²) in [6, 6.07) is 1.61. The van der Waals surface area contributed by atoms with Crippen molar-refractivity contribution in [3.8, 4) is 0 Å². The van der Waals surface area contributed by atoms with E-state index in [0.717, 1.165) is 18.8 Å². The lowest BCUT2D eigenvalue weighted by Crippen LogP contribution is -2.20. The first-order chi connectivity index (χ1) is 7.69. The van der Waals surface area contributed by atoms with E-state index < -0.39 is 0 Å². The van der Waals surface area contributed by atoms with E-state index in [2.05, 4.69) is 17.2 Å². The van der Waals surface area contributed by atoms with Crippen LogP contribution < -0.4 is 5.32 Å². The molecule has 2 rings (SSSR count). The number of halogens is 2. The first-order valence-corrected chi connectivity index (χ1v) is 6.14. The maximum absolute atomic E-state index is 13.5. The second-order valence-corrected chi connectivity index (χ2v) is 4.85. The van der Waals surface area contributed by atoms with Crippen molar-refractivity contribution in [2.24, 2.45) is 5.92 Å². The Kier molecular flexibility index (Phi) is 3.64. The highest BCUT2D eigenvalue weighted by atomic mass is 35.5. The second-order valence-electron chi connectivity index (χ2n) is 4.41. The molecule has 4 heteroatoms. The summed E-state index contributed by atoms with van der Waals surface area (Å²) in [7, 11) is 0. The summed E-state index contributed by atoms with van der Waals surface area (Å²) in [5.41, 5.74) is 0. The first-order valence-electron chi connectivity index (χ1n) is 5.76. The maximum Gasteiger partial charge on any atom is 0.166 e. The van der Waals surface area contributed by atoms with Gasteiger partial charge in [0.25, 0.3) is 0 Å². The second kappa shape index (κ2) is 5.00. The highest BCUT2D eigenvalue weighted by Gasteiger charge is 2.25. The minimum Gasteiger partial charge on any atom is -0.365 e. The molecule has 16 heavy (non-hydrogen) atoms. The summed E-state index contributed by atoms with van der Waals surface area (Å²) in [4.78, 5) is 3.98. The Morgan fingerprint density at radius 3 is 2.94 bits per heavy atom. The van der Waals surface area contributed by atoms with Gasteiger partial charge in [0.1, 0.15) is 0 Å². The van der Waals surface area contributed by atoms with Crippen LogP contribution in [0.2, 0.25) is 5.02 Å². The van der Waals surface area contributed by atoms with Crippen LogP contribution in [0.4, 0.5) is 10.2 Å². The van der Waals surface area contributed by atoms with E-state index in [1.807, 2.05) is 0 Å². The number of aromatic nitrogens is 1. The fraction of sp³-hybridized carbons (Fsp3) is 0.583. The van der Waals surface area contributed by atoms with Gasteiger partial charge in [-0.2, -0.15) is 0 Å². The minimum atomic E-state index is -0.373. The van der Waals surface area contributed by atoms with E-state index in [9.17, 15) is 4.39 Å². The van der Waals surface area contributed by atoms with Crippen molar-refractivity contribution in [2.45, 2.75) is 38.6 Å². The third kappa shape index (κ3) is 3.08. The zero-order chi connectivity index (χ0) is 11.5. The van der Waals surface area contributed by atoms with E-state index >= 15 is 0 Å². The average molecular weight is 243 g/mol. The van der Waals surface area contributed by atoms with Crippen molar-refractivity contribution in [1.82, 2.24) is 4.98 Å². The Morgan fingerprint density at radius 2 is 2.38 bits per heavy atom. The van der Waals surface area contributed by atoms with Gasteiger partial charge >= 0.3 is 0 Å². The van der Waals surface area contributed by atoms with Crippen LogP contribution in [-0.4, -0.2) is 11.0 Å². The van der Waals surface area contributed by atoms with Gasteiger partial charge in [-0.1, -0.05) is 31.4 Å². The van der Waals surface area contributed by atoms with Crippen LogP contribution in [0.3, 0.4) is 0 Å². The van der Waals surface area contributed by atoms with Crippen LogP contribution >= 0.6 is 11.6 Å². The predicted octanol–water partition coefficient (Wildman–Crippen LogP) is 3.86. The molecule has 1 atom stereocenters. The van der Waals surface area contributed by atoms with Gasteiger partial charge in [-0.3, -0.25) is 0 Å². The number of anilines is 1. The van der Waals surface area contributed by atoms with E-state index in [1.165, 1.54) is 25.1 Å². The zero-order valence-corrected chi connectivity index (χ0v) is 10.1. The summed E-state index contributed by atoms with van der Waals surface area (Å²) in [5.74, 6) is 0.770. The molecule has 88 valence electrons. The van der Waals surface area contributed by atoms with Crippen LogP contribution in [0, 0.1) is 11.7 Å². The van der Waals surface area contributed by atoms with Crippen molar-refractivity contribution < 1.29 is 4.39 Å². The van der Waals surface area contributed by atoms with Gasteiger partial charge in [0, 0.05) is 12.2 Å². The molecule has 0 saturated heterocycles. The van der Waals surface area contributed by atoms with E-state index in [0.29, 0.717) is 16.9 Å². The summed E-state index contributed by atoms with van der Waals surface area (Å²) >= 11 is 5.65. The lowest BCUT2D eigenvalue weighted by Gasteiger charge is -2.17. The highest BCUT2D eigenvalue weighted by molar-refractivity contribution is 6.30. The Morgan fingerprint density at radius 1 is 1.62 bits per heavy atom. The molecule has 1 N–H and O–H groups in total. The molecule has 1 aliphatic rings. The molecule has 0 aliphatic heterocycles. The topological polar surface area (TPSA) is 24.9 Å². The van der Waals surface area contributed by atoms with Gasteiger partial charge in [-0.25, -0.2) is 9.37 Å². The van der Waals surface area contributed by atoms with Gasteiger partial charge in [0.2, 0.25) is 0 Å². The van der Waals surface area contributed by atoms with Crippen molar-refractivity contribution >= 4 is 17.4 Å². The molecule has 1 aliphatic carbocycles. The Hall–Kier alpha value is -0.830. The van der Waals surface area contributed by atoms with Crippen molar-refractivity contribution in [1.29, 1.82) is 0 Å². The summed E-state index contributed by atoms with van der Waals surface area (Å²) in [6.45, 7) is 2.11. The number of nitrogens with one attached hydrogen (secondary N) is 1. The monoisotopic (exact) mass is 242 g/mol. The van der Waals surface area contributed by atoms with E-state index in [-0.39, 0.29) is 5.82 Å². The largest absolute Gasteiger partial charge is 0.365 e. The van der Waals surface area contributed by atoms with Gasteiger partial charge in [-0.05, 0) is 24.8 Å². The molecule has 1 aromatic rings. The Bertz CT molecular complexity index is 366. The SMILES string of the molecule is CCC(CC1CC1)Nc1ncc(Cl)cc1F. The molecule has 0 spiro atoms. The minimum absolute atomic E-state index is 0.315. The van der Waals surface area contributed by atoms with Crippen LogP contribution in [0.1, 0.15) is 32.6 Å². The molecule has 1 saturated carbocycles. The molecular formula is C12H16ClFN2. The van der Waals surface area contributed by atoms with E-state index in [4.69, 9.17) is 11.6 Å². The molecule has 1 unspecified atom stereocenters. The Labute approximate surface area is 100 Å². The number of nitrogens with zero attached hydrogens (tertiary/aromatic N) is 1. The molecule has 0 radical (unpaired) electrons. The van der Waals surface area contributed by atoms with Gasteiger partial charge < -0.3 is 5.32 Å². The fourth-order valence-corrected chi connectivity index (χ4v) is 1.94. The summed E-state index contributed by atoms with van der Waals surface area (Å²) in [6.07, 6.45) is 6.20. The van der Waals surface area contributed by atoms with Gasteiger partial charge in [0.15, 0.2) is 11.6 Å². The number of hydrogen-bond acceptors (Lipinski definition) is 2. The number of rotatable bonds is 5. The maximum atomic E-state index is 13.5. The first kappa shape index (κ1) is 11.6. The molecule has 0 bridgehead atoms. The smallest absolute Gasteiger partial charge is 0.166 e. The fourth-order valence-electron chi connectivity index (χ4n) is 1.80. The molecule has 0 amide bonds. The third-order valence-electron chi connectivity index (χ3n) is 2.96. The van der Waals surface area contributed by atoms with Gasteiger partial charge in [-0.15, -0.1) is 0 Å². The average Bonchev–Trinajstić information content (AvgIpc) is 3.04. The van der Waals surface area contributed by atoms with E-state index in [1.54, 1.807) is 0 Å². The normalized spacial score (nSPS) is 17.2. The van der Waals surface area contributed by atoms with Crippen molar-refractivity contribution in [2.75, 3.05) is 5.32 Å². The van der Waals surface area contributed by atoms with Crippen molar-refractivity contribution in [3.63, 3.8) is 0 Å². The number of pyridine rings is 1. The van der Waals surface area contributed by atoms with Crippen LogP contribution in [-0.2, 0) is 0 Å². The number of hydrogen-bond donors (Lipinski definition) is 1. The lowest BCUT2D eigenvalue weighted by molar-refractivity contribution is 0.571. The summed E-state index contributed by atoms with van der Waals surface area (Å²) in [5, 5.41) is 3.48. The molecule has 1 heterocycles. The quantitative estimate of drug-likeness (QED) is 0.848. The standard InChI is InChI=1S/C12H16ClFN2/c1-2-10(5-8-3-4-8)16-12-11(14)6-9(13)7-15-12/h6-8,10H,2-5H2,1H3,(H,15,16). The summed E-state index contributed by atoms with van der Waals surface area (Å²) < 4.78 is 13.5. The highest BCUT2D eigenvalue weighted by Crippen LogP contribution is 2.34.